The van der Waals surface area contributed by atoms with Crippen LogP contribution in [-0.4, -0.2) is 19.7 Å². The van der Waals surface area contributed by atoms with Gasteiger partial charge in [-0.15, -0.1) is 0 Å². The molecule has 3 aromatic carbocycles. The Balaban J connectivity index is 1.80. The quantitative estimate of drug-likeness (QED) is 0.291. The van der Waals surface area contributed by atoms with Gasteiger partial charge in [0.2, 0.25) is 0 Å². The summed E-state index contributed by atoms with van der Waals surface area (Å²) < 4.78 is 38.6. The Kier molecular flexibility index (Phi) is 7.03. The van der Waals surface area contributed by atoms with Gasteiger partial charge < -0.3 is 9.47 Å². The van der Waals surface area contributed by atoms with Gasteiger partial charge in [-0.3, -0.25) is 0 Å². The van der Waals surface area contributed by atoms with Crippen LogP contribution in [0.2, 0.25) is 0 Å². The van der Waals surface area contributed by atoms with E-state index in [1.54, 1.807) is 24.3 Å². The molecule has 0 heterocycles. The lowest BCUT2D eigenvalue weighted by Crippen LogP contribution is -2.00. The Morgan fingerprint density at radius 2 is 1.70 bits per heavy atom. The van der Waals surface area contributed by atoms with Gasteiger partial charge >= 0.3 is 5.97 Å². The summed E-state index contributed by atoms with van der Waals surface area (Å²) in [5.41, 5.74) is 1.07. The lowest BCUT2D eigenvalue weighted by Gasteiger charge is -2.07. The van der Waals surface area contributed by atoms with Crippen LogP contribution >= 0.6 is 0 Å². The number of fused-ring (bicyclic) bond motifs is 1. The van der Waals surface area contributed by atoms with E-state index in [9.17, 15) is 13.6 Å². The van der Waals surface area contributed by atoms with Gasteiger partial charge in [-0.05, 0) is 47.5 Å². The van der Waals surface area contributed by atoms with Crippen molar-refractivity contribution in [1.82, 2.24) is 0 Å². The molecule has 5 heteroatoms. The molecule has 0 N–H and O–H groups in total. The lowest BCUT2D eigenvalue weighted by molar-refractivity contribution is 0.0601. The summed E-state index contributed by atoms with van der Waals surface area (Å²) in [4.78, 5) is 11.6. The predicted octanol–water partition coefficient (Wildman–Crippen LogP) is 5.87. The first kappa shape index (κ1) is 21.3. The van der Waals surface area contributed by atoms with Crippen molar-refractivity contribution in [2.24, 2.45) is 0 Å². The minimum absolute atomic E-state index is 0.0328. The van der Waals surface area contributed by atoms with E-state index < -0.39 is 17.6 Å². The molecule has 3 rings (SSSR count). The maximum atomic E-state index is 14.3. The average Bonchev–Trinajstić information content (AvgIpc) is 2.76. The van der Waals surface area contributed by atoms with Crippen molar-refractivity contribution in [3.8, 4) is 17.6 Å². The molecular weight excluding hydrogens is 386 g/mol. The van der Waals surface area contributed by atoms with Crippen LogP contribution in [0.5, 0.6) is 5.75 Å². The molecule has 30 heavy (non-hydrogen) atoms. The van der Waals surface area contributed by atoms with Crippen LogP contribution < -0.4 is 4.74 Å². The Hall–Kier alpha value is -3.39. The molecule has 0 bridgehead atoms. The smallest absolute Gasteiger partial charge is 0.337 e. The van der Waals surface area contributed by atoms with Crippen LogP contribution in [0.3, 0.4) is 0 Å². The molecule has 154 valence electrons. The number of hydrogen-bond donors (Lipinski definition) is 0. The van der Waals surface area contributed by atoms with Crippen LogP contribution in [0, 0.1) is 23.5 Å². The second-order valence-corrected chi connectivity index (χ2v) is 6.84. The molecule has 3 nitrogen and oxygen atoms in total. The van der Waals surface area contributed by atoms with Gasteiger partial charge in [0, 0.05) is 11.6 Å². The fourth-order valence-corrected chi connectivity index (χ4v) is 2.98. The Bertz CT molecular complexity index is 1130. The standard InChI is InChI=1S/C25H22F2O3/c1-3-4-5-12-30-24-16-22(26)20(15-23(24)27)9-7-17-6-8-19-14-21(25(28)29-2)11-10-18(19)13-17/h6,8,10-11,13-16H,3-5,12H2,1-2H3. The number of unbranched alkanes of at least 4 members (excludes halogenated alkanes) is 2. The van der Waals surface area contributed by atoms with Crippen molar-refractivity contribution in [1.29, 1.82) is 0 Å². The first-order valence-corrected chi connectivity index (χ1v) is 9.78. The highest BCUT2D eigenvalue weighted by Gasteiger charge is 2.10. The van der Waals surface area contributed by atoms with E-state index in [0.717, 1.165) is 42.2 Å². The number of rotatable bonds is 6. The Morgan fingerprint density at radius 3 is 2.47 bits per heavy atom. The van der Waals surface area contributed by atoms with Crippen LogP contribution in [0.1, 0.15) is 47.7 Å². The van der Waals surface area contributed by atoms with E-state index in [4.69, 9.17) is 9.47 Å². The summed E-state index contributed by atoms with van der Waals surface area (Å²) in [6.07, 6.45) is 2.79. The van der Waals surface area contributed by atoms with Crippen molar-refractivity contribution in [2.45, 2.75) is 26.2 Å². The second kappa shape index (κ2) is 9.89. The highest BCUT2D eigenvalue weighted by molar-refractivity contribution is 5.95. The minimum atomic E-state index is -0.633. The van der Waals surface area contributed by atoms with E-state index in [2.05, 4.69) is 18.8 Å². The van der Waals surface area contributed by atoms with Gasteiger partial charge in [0.15, 0.2) is 11.6 Å². The molecule has 0 aliphatic rings. The third kappa shape index (κ3) is 5.15. The number of ether oxygens (including phenoxy) is 2. The van der Waals surface area contributed by atoms with Crippen molar-refractivity contribution < 1.29 is 23.0 Å². The van der Waals surface area contributed by atoms with Gasteiger partial charge in [0.1, 0.15) is 5.82 Å². The SMILES string of the molecule is CCCCCOc1cc(F)c(C#Cc2ccc3cc(C(=O)OC)ccc3c2)cc1F. The summed E-state index contributed by atoms with van der Waals surface area (Å²) in [6.45, 7) is 2.41. The topological polar surface area (TPSA) is 35.5 Å². The molecule has 0 amide bonds. The zero-order valence-corrected chi connectivity index (χ0v) is 16.9. The maximum Gasteiger partial charge on any atom is 0.337 e. The van der Waals surface area contributed by atoms with Crippen LogP contribution in [0.25, 0.3) is 10.8 Å². The molecule has 3 aromatic rings. The predicted molar refractivity (Wildman–Crippen MR) is 113 cm³/mol. The monoisotopic (exact) mass is 408 g/mol. The van der Waals surface area contributed by atoms with Crippen molar-refractivity contribution in [3.63, 3.8) is 0 Å². The van der Waals surface area contributed by atoms with Crippen molar-refractivity contribution >= 4 is 16.7 Å². The number of carbonyl (C=O) groups excluding carboxylic acids is 1. The molecule has 0 unspecified atom stereocenters. The first-order chi connectivity index (χ1) is 14.5. The third-order valence-electron chi connectivity index (χ3n) is 4.63. The zero-order valence-electron chi connectivity index (χ0n) is 16.9. The summed E-state index contributed by atoms with van der Waals surface area (Å²) in [5, 5.41) is 1.72. The number of halogens is 2. The van der Waals surface area contributed by atoms with Gasteiger partial charge in [-0.25, -0.2) is 13.6 Å². The number of esters is 1. The van der Waals surface area contributed by atoms with Crippen LogP contribution in [0.4, 0.5) is 8.78 Å². The summed E-state index contributed by atoms with van der Waals surface area (Å²) >= 11 is 0. The van der Waals surface area contributed by atoms with E-state index in [0.29, 0.717) is 17.7 Å². The first-order valence-electron chi connectivity index (χ1n) is 9.78. The number of hydrogen-bond acceptors (Lipinski definition) is 3. The molecule has 0 atom stereocenters. The van der Waals surface area contributed by atoms with Crippen LogP contribution in [-0.2, 0) is 4.74 Å². The van der Waals surface area contributed by atoms with E-state index in [1.165, 1.54) is 7.11 Å². The number of carbonyl (C=O) groups is 1. The van der Waals surface area contributed by atoms with Crippen molar-refractivity contribution in [3.05, 3.63) is 76.9 Å². The summed E-state index contributed by atoms with van der Waals surface area (Å²) in [7, 11) is 1.33. The lowest BCUT2D eigenvalue weighted by atomic mass is 10.0. The largest absolute Gasteiger partial charge is 0.490 e. The minimum Gasteiger partial charge on any atom is -0.490 e. The van der Waals surface area contributed by atoms with Crippen molar-refractivity contribution in [2.75, 3.05) is 13.7 Å². The fourth-order valence-electron chi connectivity index (χ4n) is 2.98. The third-order valence-corrected chi connectivity index (χ3v) is 4.63. The van der Waals surface area contributed by atoms with E-state index in [1.807, 2.05) is 12.1 Å². The molecule has 0 aliphatic carbocycles. The Morgan fingerprint density at radius 1 is 0.933 bits per heavy atom. The average molecular weight is 408 g/mol. The molecule has 0 radical (unpaired) electrons. The molecule has 0 fully saturated rings. The second-order valence-electron chi connectivity index (χ2n) is 6.84. The molecule has 0 saturated heterocycles. The maximum absolute atomic E-state index is 14.3. The fraction of sp³-hybridized carbons (Fsp3) is 0.240. The summed E-state index contributed by atoms with van der Waals surface area (Å²) in [6, 6.07) is 12.7. The zero-order chi connectivity index (χ0) is 21.5. The highest BCUT2D eigenvalue weighted by atomic mass is 19.1. The molecule has 0 aromatic heterocycles. The van der Waals surface area contributed by atoms with E-state index in [-0.39, 0.29) is 11.3 Å². The summed E-state index contributed by atoms with van der Waals surface area (Å²) in [5.74, 6) is 3.78. The van der Waals surface area contributed by atoms with Crippen LogP contribution in [0.15, 0.2) is 48.5 Å². The van der Waals surface area contributed by atoms with Gasteiger partial charge in [0.25, 0.3) is 0 Å². The molecular formula is C25H22F2O3. The molecule has 0 aliphatic heterocycles. The van der Waals surface area contributed by atoms with Gasteiger partial charge in [0.05, 0.1) is 24.8 Å². The highest BCUT2D eigenvalue weighted by Crippen LogP contribution is 2.22. The Labute approximate surface area is 174 Å². The van der Waals surface area contributed by atoms with Gasteiger partial charge in [-0.1, -0.05) is 43.7 Å². The number of benzene rings is 3. The molecule has 0 spiro atoms. The van der Waals surface area contributed by atoms with Gasteiger partial charge in [-0.2, -0.15) is 0 Å². The molecule has 0 saturated carbocycles. The normalized spacial score (nSPS) is 10.4. The number of methoxy groups -OCH3 is 1. The van der Waals surface area contributed by atoms with E-state index >= 15 is 0 Å².